The summed E-state index contributed by atoms with van der Waals surface area (Å²) in [4.78, 5) is 23.7. The molecule has 6 nitrogen and oxygen atoms in total. The molecule has 1 atom stereocenters. The van der Waals surface area contributed by atoms with E-state index < -0.39 is 12.1 Å². The normalized spacial score (nSPS) is 11.9. The highest BCUT2D eigenvalue weighted by atomic mass is 16.5. The van der Waals surface area contributed by atoms with Crippen LogP contribution in [0.25, 0.3) is 0 Å². The van der Waals surface area contributed by atoms with E-state index in [4.69, 9.17) is 10.5 Å². The van der Waals surface area contributed by atoms with Crippen molar-refractivity contribution in [3.63, 3.8) is 0 Å². The van der Waals surface area contributed by atoms with Crippen molar-refractivity contribution in [1.82, 2.24) is 9.88 Å². The van der Waals surface area contributed by atoms with Gasteiger partial charge in [0.25, 0.3) is 5.91 Å². The molecule has 1 rings (SSSR count). The van der Waals surface area contributed by atoms with Crippen LogP contribution in [0.1, 0.15) is 44.1 Å². The van der Waals surface area contributed by atoms with Gasteiger partial charge < -0.3 is 20.4 Å². The molecule has 1 heterocycles. The first-order chi connectivity index (χ1) is 9.49. The lowest BCUT2D eigenvalue weighted by atomic mass is 10.3. The number of ether oxygens (including phenoxy) is 1. The van der Waals surface area contributed by atoms with Gasteiger partial charge in [0, 0.05) is 19.3 Å². The maximum absolute atomic E-state index is 12.0. The van der Waals surface area contributed by atoms with Crippen LogP contribution in [0.4, 0.5) is 5.69 Å². The number of nitrogens with zero attached hydrogens (tertiary/aromatic N) is 1. The van der Waals surface area contributed by atoms with Crippen LogP contribution in [0.3, 0.4) is 0 Å². The Balaban J connectivity index is 2.58. The van der Waals surface area contributed by atoms with Crippen LogP contribution in [0.15, 0.2) is 12.3 Å². The molecule has 0 saturated heterocycles. The van der Waals surface area contributed by atoms with E-state index in [1.807, 2.05) is 13.8 Å². The van der Waals surface area contributed by atoms with Crippen molar-refractivity contribution in [2.75, 3.05) is 12.3 Å². The summed E-state index contributed by atoms with van der Waals surface area (Å²) in [5.41, 5.74) is 6.51. The van der Waals surface area contributed by atoms with E-state index in [1.54, 1.807) is 23.8 Å². The quantitative estimate of drug-likeness (QED) is 0.586. The fraction of sp³-hybridized carbons (Fsp3) is 0.571. The molecule has 1 aromatic heterocycles. The number of carbonyl (C=O) groups is 2. The van der Waals surface area contributed by atoms with Gasteiger partial charge in [-0.15, -0.1) is 0 Å². The number of hydrogen-bond donors (Lipinski definition) is 2. The molecular formula is C14H23N3O3. The monoisotopic (exact) mass is 281 g/mol. The number of hydrogen-bond acceptors (Lipinski definition) is 4. The van der Waals surface area contributed by atoms with Crippen molar-refractivity contribution in [1.29, 1.82) is 0 Å². The first-order valence-corrected chi connectivity index (χ1v) is 6.93. The number of aromatic nitrogens is 1. The summed E-state index contributed by atoms with van der Waals surface area (Å²) in [5, 5.41) is 2.73. The summed E-state index contributed by atoms with van der Waals surface area (Å²) in [6, 6.07) is 1.55. The van der Waals surface area contributed by atoms with Crippen LogP contribution in [0.5, 0.6) is 0 Å². The van der Waals surface area contributed by atoms with Crippen molar-refractivity contribution in [3.05, 3.63) is 18.0 Å². The van der Waals surface area contributed by atoms with Crippen LogP contribution >= 0.6 is 0 Å². The first kappa shape index (κ1) is 16.1. The van der Waals surface area contributed by atoms with Gasteiger partial charge >= 0.3 is 5.97 Å². The molecule has 0 radical (unpaired) electrons. The number of nitrogens with two attached hydrogens (primary N) is 1. The number of aryl methyl sites for hydroxylation is 1. The molecule has 6 heteroatoms. The number of carbonyl (C=O) groups excluding carboxylic acids is 2. The van der Waals surface area contributed by atoms with E-state index >= 15 is 0 Å². The molecule has 112 valence electrons. The third-order valence-corrected chi connectivity index (χ3v) is 2.95. The molecule has 0 bridgehead atoms. The Morgan fingerprint density at radius 3 is 2.75 bits per heavy atom. The average Bonchev–Trinajstić information content (AvgIpc) is 2.80. The minimum absolute atomic E-state index is 0.283. The van der Waals surface area contributed by atoms with Crippen LogP contribution < -0.4 is 11.1 Å². The van der Waals surface area contributed by atoms with Crippen LogP contribution in [-0.4, -0.2) is 29.1 Å². The molecule has 0 saturated carbocycles. The smallest absolute Gasteiger partial charge is 0.355 e. The molecule has 20 heavy (non-hydrogen) atoms. The fourth-order valence-corrected chi connectivity index (χ4v) is 1.77. The highest BCUT2D eigenvalue weighted by Gasteiger charge is 2.20. The molecule has 0 aliphatic rings. The Morgan fingerprint density at radius 2 is 2.15 bits per heavy atom. The third-order valence-electron chi connectivity index (χ3n) is 2.95. The van der Waals surface area contributed by atoms with E-state index in [1.165, 1.54) is 0 Å². The molecule has 0 fully saturated rings. The van der Waals surface area contributed by atoms with Gasteiger partial charge in [0.15, 0.2) is 6.10 Å². The number of nitrogens with one attached hydrogen (secondary N) is 1. The van der Waals surface area contributed by atoms with Gasteiger partial charge in [0.05, 0.1) is 5.69 Å². The Kier molecular flexibility index (Phi) is 6.09. The number of rotatable bonds is 7. The summed E-state index contributed by atoms with van der Waals surface area (Å²) in [5.74, 6) is -0.823. The molecular weight excluding hydrogens is 258 g/mol. The minimum atomic E-state index is -0.819. The second-order valence-corrected chi connectivity index (χ2v) is 4.64. The molecule has 0 spiro atoms. The minimum Gasteiger partial charge on any atom is -0.448 e. The van der Waals surface area contributed by atoms with Crippen molar-refractivity contribution < 1.29 is 14.3 Å². The van der Waals surface area contributed by atoms with Gasteiger partial charge in [-0.1, -0.05) is 13.3 Å². The summed E-state index contributed by atoms with van der Waals surface area (Å²) in [6.45, 7) is 6.70. The number of amides is 1. The third kappa shape index (κ3) is 4.29. The highest BCUT2D eigenvalue weighted by molar-refractivity contribution is 5.91. The topological polar surface area (TPSA) is 86.3 Å². The predicted octanol–water partition coefficient (Wildman–Crippen LogP) is 1.55. The molecule has 0 aromatic carbocycles. The number of anilines is 1. The van der Waals surface area contributed by atoms with Gasteiger partial charge in [-0.25, -0.2) is 4.79 Å². The van der Waals surface area contributed by atoms with Crippen molar-refractivity contribution in [2.45, 2.75) is 46.3 Å². The Morgan fingerprint density at radius 1 is 1.45 bits per heavy atom. The first-order valence-electron chi connectivity index (χ1n) is 6.93. The van der Waals surface area contributed by atoms with Gasteiger partial charge in [0.1, 0.15) is 5.69 Å². The lowest BCUT2D eigenvalue weighted by Crippen LogP contribution is -2.36. The van der Waals surface area contributed by atoms with Gasteiger partial charge in [0.2, 0.25) is 0 Å². The predicted molar refractivity (Wildman–Crippen MR) is 77.3 cm³/mol. The zero-order valence-electron chi connectivity index (χ0n) is 12.3. The summed E-state index contributed by atoms with van der Waals surface area (Å²) in [6.07, 6.45) is 2.75. The Hall–Kier alpha value is -1.98. The van der Waals surface area contributed by atoms with E-state index in [0.717, 1.165) is 12.8 Å². The summed E-state index contributed by atoms with van der Waals surface area (Å²) >= 11 is 0. The Bertz CT molecular complexity index is 468. The SMILES string of the molecule is CCCCNC(=O)C(C)OC(=O)c1cc(N)cn1CC. The van der Waals surface area contributed by atoms with Crippen molar-refractivity contribution >= 4 is 17.6 Å². The van der Waals surface area contributed by atoms with Crippen molar-refractivity contribution in [2.24, 2.45) is 0 Å². The average molecular weight is 281 g/mol. The van der Waals surface area contributed by atoms with E-state index in [-0.39, 0.29) is 5.91 Å². The second-order valence-electron chi connectivity index (χ2n) is 4.64. The van der Waals surface area contributed by atoms with Gasteiger partial charge in [-0.3, -0.25) is 4.79 Å². The molecule has 0 aliphatic heterocycles. The number of unbranched alkanes of at least 4 members (excludes halogenated alkanes) is 1. The maximum atomic E-state index is 12.0. The molecule has 1 aromatic rings. The summed E-state index contributed by atoms with van der Waals surface area (Å²) < 4.78 is 6.85. The molecule has 0 aliphatic carbocycles. The highest BCUT2D eigenvalue weighted by Crippen LogP contribution is 2.12. The molecule has 3 N–H and O–H groups in total. The Labute approximate surface area is 119 Å². The van der Waals surface area contributed by atoms with Gasteiger partial charge in [-0.05, 0) is 26.3 Å². The van der Waals surface area contributed by atoms with Crippen LogP contribution in [0, 0.1) is 0 Å². The lowest BCUT2D eigenvalue weighted by molar-refractivity contribution is -0.129. The van der Waals surface area contributed by atoms with E-state index in [9.17, 15) is 9.59 Å². The number of nitrogen functional groups attached to an aromatic ring is 1. The van der Waals surface area contributed by atoms with Crippen molar-refractivity contribution in [3.8, 4) is 0 Å². The lowest BCUT2D eigenvalue weighted by Gasteiger charge is -2.14. The fourth-order valence-electron chi connectivity index (χ4n) is 1.77. The largest absolute Gasteiger partial charge is 0.448 e. The molecule has 1 unspecified atom stereocenters. The number of esters is 1. The summed E-state index contributed by atoms with van der Waals surface area (Å²) in [7, 11) is 0. The second kappa shape index (κ2) is 7.57. The maximum Gasteiger partial charge on any atom is 0.355 e. The zero-order valence-corrected chi connectivity index (χ0v) is 12.3. The van der Waals surface area contributed by atoms with Crippen LogP contribution in [0.2, 0.25) is 0 Å². The van der Waals surface area contributed by atoms with E-state index in [2.05, 4.69) is 5.32 Å². The van der Waals surface area contributed by atoms with Gasteiger partial charge in [-0.2, -0.15) is 0 Å². The zero-order chi connectivity index (χ0) is 15.1. The van der Waals surface area contributed by atoms with Crippen LogP contribution in [-0.2, 0) is 16.1 Å². The standard InChI is InChI=1S/C14H23N3O3/c1-4-6-7-16-13(18)10(3)20-14(19)12-8-11(15)9-17(12)5-2/h8-10H,4-7,15H2,1-3H3,(H,16,18). The van der Waals surface area contributed by atoms with E-state index in [0.29, 0.717) is 24.5 Å². The molecule has 1 amide bonds.